The number of benzene rings is 2. The van der Waals surface area contributed by atoms with Gasteiger partial charge in [0, 0.05) is 23.2 Å². The van der Waals surface area contributed by atoms with Gasteiger partial charge in [-0.1, -0.05) is 34.1 Å². The molecular weight excluding hydrogens is 453 g/mol. The molecule has 0 saturated carbocycles. The van der Waals surface area contributed by atoms with Gasteiger partial charge in [-0.15, -0.1) is 0 Å². The molecule has 2 atom stereocenters. The standard InChI is InChI=1S/C23H21BrFNO4/c1-13-11-15(6-9-18(13)24)21(27)19-20(14-4-7-16(25)8-5-14)26(23(29)22(19)28)12-17-3-2-10-30-17/h4-9,11,17,20,27H,2-3,10,12H2,1H3/b21-19-. The van der Waals surface area contributed by atoms with E-state index in [0.29, 0.717) is 17.7 Å². The lowest BCUT2D eigenvalue weighted by atomic mass is 9.94. The van der Waals surface area contributed by atoms with Crippen molar-refractivity contribution in [1.82, 2.24) is 4.90 Å². The predicted molar refractivity (Wildman–Crippen MR) is 113 cm³/mol. The molecule has 2 saturated heterocycles. The van der Waals surface area contributed by atoms with Gasteiger partial charge in [0.1, 0.15) is 11.6 Å². The van der Waals surface area contributed by atoms with E-state index in [0.717, 1.165) is 22.9 Å². The smallest absolute Gasteiger partial charge is 0.295 e. The second-order valence-corrected chi connectivity index (χ2v) is 8.46. The summed E-state index contributed by atoms with van der Waals surface area (Å²) >= 11 is 3.42. The quantitative estimate of drug-likeness (QED) is 0.403. The molecule has 30 heavy (non-hydrogen) atoms. The summed E-state index contributed by atoms with van der Waals surface area (Å²) in [6, 6.07) is 10.0. The van der Waals surface area contributed by atoms with Crippen LogP contribution in [-0.4, -0.2) is 41.0 Å². The van der Waals surface area contributed by atoms with E-state index in [1.54, 1.807) is 18.2 Å². The molecule has 0 radical (unpaired) electrons. The number of aryl methyl sites for hydroxylation is 1. The first kappa shape index (κ1) is 20.8. The highest BCUT2D eigenvalue weighted by molar-refractivity contribution is 9.10. The van der Waals surface area contributed by atoms with Crippen molar-refractivity contribution in [2.45, 2.75) is 31.9 Å². The van der Waals surface area contributed by atoms with E-state index in [4.69, 9.17) is 4.74 Å². The first-order valence-electron chi connectivity index (χ1n) is 9.79. The first-order chi connectivity index (χ1) is 14.4. The first-order valence-corrected chi connectivity index (χ1v) is 10.6. The number of rotatable bonds is 4. The van der Waals surface area contributed by atoms with Crippen LogP contribution in [0.15, 0.2) is 52.5 Å². The van der Waals surface area contributed by atoms with E-state index in [1.165, 1.54) is 29.2 Å². The number of hydrogen-bond acceptors (Lipinski definition) is 4. The van der Waals surface area contributed by atoms with Crippen molar-refractivity contribution in [2.24, 2.45) is 0 Å². The number of Topliss-reactive ketones (excluding diaryl/α,β-unsaturated/α-hetero) is 1. The number of nitrogens with zero attached hydrogens (tertiary/aromatic N) is 1. The maximum Gasteiger partial charge on any atom is 0.295 e. The minimum Gasteiger partial charge on any atom is -0.507 e. The number of aliphatic hydroxyl groups is 1. The topological polar surface area (TPSA) is 66.8 Å². The maximum atomic E-state index is 13.5. The third kappa shape index (κ3) is 3.79. The molecule has 0 aliphatic carbocycles. The van der Waals surface area contributed by atoms with Gasteiger partial charge in [0.25, 0.3) is 11.7 Å². The minimum atomic E-state index is -0.807. The van der Waals surface area contributed by atoms with Crippen LogP contribution in [-0.2, 0) is 14.3 Å². The summed E-state index contributed by atoms with van der Waals surface area (Å²) in [4.78, 5) is 27.3. The zero-order valence-electron chi connectivity index (χ0n) is 16.4. The fraction of sp³-hybridized carbons (Fsp3) is 0.304. The zero-order valence-corrected chi connectivity index (χ0v) is 18.0. The molecule has 4 rings (SSSR count). The third-order valence-corrected chi connectivity index (χ3v) is 6.47. The number of halogens is 2. The summed E-state index contributed by atoms with van der Waals surface area (Å²) in [5.41, 5.74) is 1.89. The number of aliphatic hydroxyl groups excluding tert-OH is 1. The second kappa shape index (κ2) is 8.32. The van der Waals surface area contributed by atoms with Crippen molar-refractivity contribution in [2.75, 3.05) is 13.2 Å². The Balaban J connectivity index is 1.83. The van der Waals surface area contributed by atoms with Gasteiger partial charge in [0.2, 0.25) is 0 Å². The molecule has 0 bridgehead atoms. The predicted octanol–water partition coefficient (Wildman–Crippen LogP) is 4.50. The van der Waals surface area contributed by atoms with Crippen LogP contribution in [0, 0.1) is 12.7 Å². The summed E-state index contributed by atoms with van der Waals surface area (Å²) in [7, 11) is 0. The van der Waals surface area contributed by atoms with Gasteiger partial charge in [0.15, 0.2) is 0 Å². The molecular formula is C23H21BrFNO4. The highest BCUT2D eigenvalue weighted by Gasteiger charge is 2.47. The highest BCUT2D eigenvalue weighted by atomic mass is 79.9. The number of amides is 1. The monoisotopic (exact) mass is 473 g/mol. The molecule has 2 aliphatic heterocycles. The van der Waals surface area contributed by atoms with Crippen molar-refractivity contribution in [3.8, 4) is 0 Å². The Morgan fingerprint density at radius 1 is 1.23 bits per heavy atom. The molecule has 1 N–H and O–H groups in total. The number of carbonyl (C=O) groups excluding carboxylic acids is 2. The number of carbonyl (C=O) groups is 2. The van der Waals surface area contributed by atoms with Crippen molar-refractivity contribution in [3.05, 3.63) is 75.0 Å². The molecule has 7 heteroatoms. The second-order valence-electron chi connectivity index (χ2n) is 7.60. The third-order valence-electron chi connectivity index (χ3n) is 5.58. The Morgan fingerprint density at radius 2 is 1.97 bits per heavy atom. The SMILES string of the molecule is Cc1cc(/C(O)=C2/C(=O)C(=O)N(CC3CCCO3)C2c2ccc(F)cc2)ccc1Br. The number of likely N-dealkylation sites (tertiary alicyclic amines) is 1. The zero-order chi connectivity index (χ0) is 21.4. The van der Waals surface area contributed by atoms with Gasteiger partial charge in [0.05, 0.1) is 17.7 Å². The van der Waals surface area contributed by atoms with E-state index in [-0.39, 0.29) is 24.0 Å². The lowest BCUT2D eigenvalue weighted by molar-refractivity contribution is -0.140. The molecule has 1 amide bonds. The van der Waals surface area contributed by atoms with Gasteiger partial charge in [-0.25, -0.2) is 4.39 Å². The van der Waals surface area contributed by atoms with E-state index < -0.39 is 23.5 Å². The van der Waals surface area contributed by atoms with Crippen LogP contribution in [0.4, 0.5) is 4.39 Å². The van der Waals surface area contributed by atoms with Gasteiger partial charge < -0.3 is 14.7 Å². The molecule has 0 aromatic heterocycles. The molecule has 2 aromatic rings. The Morgan fingerprint density at radius 3 is 2.60 bits per heavy atom. The summed E-state index contributed by atoms with van der Waals surface area (Å²) < 4.78 is 20.1. The Labute approximate surface area is 182 Å². The molecule has 2 aromatic carbocycles. The molecule has 156 valence electrons. The van der Waals surface area contributed by atoms with Gasteiger partial charge in [-0.3, -0.25) is 9.59 Å². The van der Waals surface area contributed by atoms with Crippen molar-refractivity contribution < 1.29 is 23.8 Å². The number of ether oxygens (including phenoxy) is 1. The van der Waals surface area contributed by atoms with Crippen molar-refractivity contribution in [1.29, 1.82) is 0 Å². The molecule has 2 fully saturated rings. The maximum absolute atomic E-state index is 13.5. The fourth-order valence-electron chi connectivity index (χ4n) is 4.02. The lowest BCUT2D eigenvalue weighted by Gasteiger charge is -2.27. The Bertz CT molecular complexity index is 1030. The summed E-state index contributed by atoms with van der Waals surface area (Å²) in [5.74, 6) is -2.10. The van der Waals surface area contributed by atoms with Crippen molar-refractivity contribution in [3.63, 3.8) is 0 Å². The summed E-state index contributed by atoms with van der Waals surface area (Å²) in [6.45, 7) is 2.73. The van der Waals surface area contributed by atoms with Crippen molar-refractivity contribution >= 4 is 33.4 Å². The number of hydrogen-bond donors (Lipinski definition) is 1. The molecule has 2 heterocycles. The average Bonchev–Trinajstić information content (AvgIpc) is 3.33. The van der Waals surface area contributed by atoms with E-state index in [1.807, 2.05) is 6.92 Å². The Kier molecular flexibility index (Phi) is 5.75. The summed E-state index contributed by atoms with van der Waals surface area (Å²) in [6.07, 6.45) is 1.53. The Hall–Kier alpha value is -2.51. The molecule has 0 spiro atoms. The van der Waals surface area contributed by atoms with Crippen LogP contribution >= 0.6 is 15.9 Å². The summed E-state index contributed by atoms with van der Waals surface area (Å²) in [5, 5.41) is 11.0. The van der Waals surface area contributed by atoms with E-state index in [9.17, 15) is 19.1 Å². The highest BCUT2D eigenvalue weighted by Crippen LogP contribution is 2.40. The fourth-order valence-corrected chi connectivity index (χ4v) is 4.26. The normalized spacial score (nSPS) is 23.4. The molecule has 2 unspecified atom stereocenters. The van der Waals surface area contributed by atoms with E-state index in [2.05, 4.69) is 15.9 Å². The minimum absolute atomic E-state index is 0.00586. The van der Waals surface area contributed by atoms with Crippen LogP contribution in [0.1, 0.15) is 35.6 Å². The van der Waals surface area contributed by atoms with Gasteiger partial charge in [-0.2, -0.15) is 0 Å². The van der Waals surface area contributed by atoms with E-state index >= 15 is 0 Å². The van der Waals surface area contributed by atoms with Crippen LogP contribution < -0.4 is 0 Å². The van der Waals surface area contributed by atoms with Crippen LogP contribution in [0.2, 0.25) is 0 Å². The van der Waals surface area contributed by atoms with Crippen LogP contribution in [0.3, 0.4) is 0 Å². The average molecular weight is 474 g/mol. The molecule has 5 nitrogen and oxygen atoms in total. The van der Waals surface area contributed by atoms with Gasteiger partial charge in [-0.05, 0) is 55.2 Å². The molecule has 2 aliphatic rings. The van der Waals surface area contributed by atoms with Gasteiger partial charge >= 0.3 is 0 Å². The number of ketones is 1. The lowest BCUT2D eigenvalue weighted by Crippen LogP contribution is -2.36. The van der Waals surface area contributed by atoms with Crippen LogP contribution in [0.5, 0.6) is 0 Å². The van der Waals surface area contributed by atoms with Crippen LogP contribution in [0.25, 0.3) is 5.76 Å². The largest absolute Gasteiger partial charge is 0.507 e.